The van der Waals surface area contributed by atoms with Gasteiger partial charge in [-0.3, -0.25) is 0 Å². The van der Waals surface area contributed by atoms with Gasteiger partial charge in [0.25, 0.3) is 0 Å². The Hall–Kier alpha value is -1.30. The van der Waals surface area contributed by atoms with Gasteiger partial charge in [0.2, 0.25) is 5.88 Å². The fraction of sp³-hybridized carbons (Fsp3) is 0. The summed E-state index contributed by atoms with van der Waals surface area (Å²) in [7, 11) is 0. The highest BCUT2D eigenvalue weighted by molar-refractivity contribution is 9.11. The Morgan fingerprint density at radius 1 is 1.05 bits per heavy atom. The number of hydrogen-bond acceptors (Lipinski definition) is 3. The van der Waals surface area contributed by atoms with E-state index in [2.05, 4.69) is 37.0 Å². The minimum Gasteiger partial charge on any atom is -0.367 e. The second-order valence-corrected chi connectivity index (χ2v) is 6.61. The summed E-state index contributed by atoms with van der Waals surface area (Å²) in [6, 6.07) is 13.2. The van der Waals surface area contributed by atoms with E-state index in [-0.39, 0.29) is 5.88 Å². The van der Waals surface area contributed by atoms with Gasteiger partial charge in [-0.05, 0) is 29.8 Å². The van der Waals surface area contributed by atoms with E-state index in [4.69, 9.17) is 21.9 Å². The molecule has 0 amide bonds. The van der Waals surface area contributed by atoms with Crippen LogP contribution < -0.4 is 5.73 Å². The third kappa shape index (κ3) is 2.86. The van der Waals surface area contributed by atoms with Crippen LogP contribution in [0.2, 0.25) is 5.02 Å². The summed E-state index contributed by atoms with van der Waals surface area (Å²) in [5.74, 6) is 0.280. The van der Waals surface area contributed by atoms with Gasteiger partial charge in [0, 0.05) is 19.5 Å². The molecule has 0 radical (unpaired) electrons. The molecule has 0 unspecified atom stereocenters. The van der Waals surface area contributed by atoms with Crippen LogP contribution in [0.1, 0.15) is 0 Å². The maximum atomic E-state index is 5.94. The van der Waals surface area contributed by atoms with Gasteiger partial charge >= 0.3 is 0 Å². The average Bonchev–Trinajstić information content (AvgIpc) is 2.82. The molecule has 1 aromatic heterocycles. The monoisotopic (exact) mass is 426 g/mol. The molecule has 1 heterocycles. The third-order valence-electron chi connectivity index (χ3n) is 3.04. The van der Waals surface area contributed by atoms with Gasteiger partial charge in [-0.2, -0.15) is 0 Å². The van der Waals surface area contributed by atoms with Crippen LogP contribution in [-0.4, -0.2) is 5.16 Å². The summed E-state index contributed by atoms with van der Waals surface area (Å²) in [4.78, 5) is 0. The number of anilines is 1. The van der Waals surface area contributed by atoms with E-state index >= 15 is 0 Å². The van der Waals surface area contributed by atoms with Gasteiger partial charge in [-0.1, -0.05) is 66.8 Å². The molecule has 0 fully saturated rings. The van der Waals surface area contributed by atoms with Gasteiger partial charge in [-0.15, -0.1) is 0 Å². The Bertz CT molecular complexity index is 800. The molecule has 0 saturated heterocycles. The summed E-state index contributed by atoms with van der Waals surface area (Å²) in [6.07, 6.45) is 0. The number of nitrogens with two attached hydrogens (primary N) is 1. The Balaban J connectivity index is 2.19. The molecular weight excluding hydrogens is 419 g/mol. The van der Waals surface area contributed by atoms with Crippen LogP contribution in [0.3, 0.4) is 0 Å². The van der Waals surface area contributed by atoms with Crippen molar-refractivity contribution in [3.05, 3.63) is 56.4 Å². The van der Waals surface area contributed by atoms with Gasteiger partial charge in [-0.25, -0.2) is 0 Å². The third-order valence-corrected chi connectivity index (χ3v) is 4.44. The SMILES string of the molecule is Nc1onc(-c2ccc(Br)cc2Br)c1-c1ccc(Cl)cc1. The lowest BCUT2D eigenvalue weighted by atomic mass is 10.0. The second-order valence-electron chi connectivity index (χ2n) is 4.40. The Kier molecular flexibility index (Phi) is 4.06. The minimum absolute atomic E-state index is 0.280. The van der Waals surface area contributed by atoms with Gasteiger partial charge in [0.1, 0.15) is 5.69 Å². The molecule has 3 rings (SSSR count). The summed E-state index contributed by atoms with van der Waals surface area (Å²) >= 11 is 12.9. The number of nitrogen functional groups attached to an aromatic ring is 1. The van der Waals surface area contributed by atoms with Gasteiger partial charge in [0.05, 0.1) is 5.56 Å². The lowest BCUT2D eigenvalue weighted by Gasteiger charge is -2.05. The largest absolute Gasteiger partial charge is 0.367 e. The molecule has 0 aliphatic carbocycles. The number of aromatic nitrogens is 1. The van der Waals surface area contributed by atoms with Crippen molar-refractivity contribution in [2.24, 2.45) is 0 Å². The Morgan fingerprint density at radius 3 is 2.43 bits per heavy atom. The van der Waals surface area contributed by atoms with Crippen molar-refractivity contribution in [3.8, 4) is 22.4 Å². The number of halogens is 3. The lowest BCUT2D eigenvalue weighted by molar-refractivity contribution is 0.439. The quantitative estimate of drug-likeness (QED) is 0.564. The highest BCUT2D eigenvalue weighted by atomic mass is 79.9. The maximum absolute atomic E-state index is 5.94. The molecule has 2 aromatic carbocycles. The molecule has 0 spiro atoms. The predicted molar refractivity (Wildman–Crippen MR) is 92.2 cm³/mol. The fourth-order valence-electron chi connectivity index (χ4n) is 2.06. The lowest BCUT2D eigenvalue weighted by Crippen LogP contribution is -1.88. The fourth-order valence-corrected chi connectivity index (χ4v) is 3.42. The van der Waals surface area contributed by atoms with Crippen LogP contribution in [0.25, 0.3) is 22.4 Å². The number of rotatable bonds is 2. The molecule has 106 valence electrons. The van der Waals surface area contributed by atoms with Crippen molar-refractivity contribution in [2.45, 2.75) is 0 Å². The predicted octanol–water partition coefficient (Wildman–Crippen LogP) is 5.77. The first kappa shape index (κ1) is 14.6. The first-order valence-corrected chi connectivity index (χ1v) is 7.99. The zero-order valence-electron chi connectivity index (χ0n) is 10.6. The molecule has 3 aromatic rings. The zero-order valence-corrected chi connectivity index (χ0v) is 14.5. The van der Waals surface area contributed by atoms with Crippen LogP contribution >= 0.6 is 43.5 Å². The summed E-state index contributed by atoms with van der Waals surface area (Å²) in [5.41, 5.74) is 9.20. The van der Waals surface area contributed by atoms with E-state index in [1.54, 1.807) is 0 Å². The summed E-state index contributed by atoms with van der Waals surface area (Å²) in [6.45, 7) is 0. The summed E-state index contributed by atoms with van der Waals surface area (Å²) in [5, 5.41) is 4.76. The Morgan fingerprint density at radius 2 is 1.76 bits per heavy atom. The van der Waals surface area contributed by atoms with Crippen molar-refractivity contribution >= 4 is 49.3 Å². The smallest absolute Gasteiger partial charge is 0.230 e. The van der Waals surface area contributed by atoms with Gasteiger partial charge < -0.3 is 10.3 Å². The van der Waals surface area contributed by atoms with Crippen LogP contribution in [0, 0.1) is 0 Å². The number of nitrogens with zero attached hydrogens (tertiary/aromatic N) is 1. The molecule has 0 aliphatic rings. The number of benzene rings is 2. The number of hydrogen-bond donors (Lipinski definition) is 1. The van der Waals surface area contributed by atoms with Crippen molar-refractivity contribution in [1.29, 1.82) is 0 Å². The highest BCUT2D eigenvalue weighted by Gasteiger charge is 2.19. The van der Waals surface area contributed by atoms with Gasteiger partial charge in [0.15, 0.2) is 0 Å². The van der Waals surface area contributed by atoms with Crippen LogP contribution in [0.4, 0.5) is 5.88 Å². The van der Waals surface area contributed by atoms with Crippen molar-refractivity contribution < 1.29 is 4.52 Å². The minimum atomic E-state index is 0.280. The maximum Gasteiger partial charge on any atom is 0.230 e. The van der Waals surface area contributed by atoms with E-state index in [1.807, 2.05) is 42.5 Å². The van der Waals surface area contributed by atoms with E-state index in [0.717, 1.165) is 25.6 Å². The van der Waals surface area contributed by atoms with Crippen molar-refractivity contribution in [1.82, 2.24) is 5.16 Å². The van der Waals surface area contributed by atoms with Crippen molar-refractivity contribution in [2.75, 3.05) is 5.73 Å². The molecule has 0 atom stereocenters. The first-order chi connectivity index (χ1) is 10.1. The van der Waals surface area contributed by atoms with E-state index in [0.29, 0.717) is 10.7 Å². The Labute approximate surface area is 143 Å². The second kappa shape index (κ2) is 5.83. The molecule has 6 heteroatoms. The van der Waals surface area contributed by atoms with E-state index in [9.17, 15) is 0 Å². The molecule has 0 saturated carbocycles. The van der Waals surface area contributed by atoms with E-state index in [1.165, 1.54) is 0 Å². The topological polar surface area (TPSA) is 52.0 Å². The van der Waals surface area contributed by atoms with E-state index < -0.39 is 0 Å². The molecule has 2 N–H and O–H groups in total. The first-order valence-electron chi connectivity index (χ1n) is 6.03. The van der Waals surface area contributed by atoms with Crippen LogP contribution in [-0.2, 0) is 0 Å². The molecular formula is C15H9Br2ClN2O. The molecule has 21 heavy (non-hydrogen) atoms. The normalized spacial score (nSPS) is 10.8. The van der Waals surface area contributed by atoms with Crippen LogP contribution in [0.15, 0.2) is 55.9 Å². The van der Waals surface area contributed by atoms with Crippen LogP contribution in [0.5, 0.6) is 0 Å². The molecule has 0 aliphatic heterocycles. The van der Waals surface area contributed by atoms with Crippen molar-refractivity contribution in [3.63, 3.8) is 0 Å². The highest BCUT2D eigenvalue weighted by Crippen LogP contribution is 2.40. The molecule has 3 nitrogen and oxygen atoms in total. The molecule has 0 bridgehead atoms. The average molecular weight is 429 g/mol. The standard InChI is InChI=1S/C15H9Br2ClN2O/c16-9-3-6-11(12(17)7-9)14-13(15(19)21-20-14)8-1-4-10(18)5-2-8/h1-7H,19H2. The zero-order chi connectivity index (χ0) is 15.0. The summed E-state index contributed by atoms with van der Waals surface area (Å²) < 4.78 is 7.06.